The lowest BCUT2D eigenvalue weighted by Crippen LogP contribution is -2.29. The summed E-state index contributed by atoms with van der Waals surface area (Å²) in [5.41, 5.74) is 6.15. The van der Waals surface area contributed by atoms with Crippen molar-refractivity contribution in [1.29, 1.82) is 0 Å². The van der Waals surface area contributed by atoms with Crippen molar-refractivity contribution in [2.24, 2.45) is 11.1 Å². The summed E-state index contributed by atoms with van der Waals surface area (Å²) >= 11 is 0. The van der Waals surface area contributed by atoms with E-state index in [0.717, 1.165) is 11.4 Å². The first-order chi connectivity index (χ1) is 7.96. The number of anilines is 1. The Morgan fingerprint density at radius 2 is 2.18 bits per heavy atom. The Hall–Kier alpha value is -1.55. The molecule has 0 aliphatic rings. The van der Waals surface area contributed by atoms with E-state index >= 15 is 0 Å². The molecule has 4 heteroatoms. The highest BCUT2D eigenvalue weighted by atomic mass is 16.5. The summed E-state index contributed by atoms with van der Waals surface area (Å²) in [6, 6.07) is 7.28. The fraction of sp³-hybridized carbons (Fsp3) is 0.462. The summed E-state index contributed by atoms with van der Waals surface area (Å²) < 4.78 is 5.09. The van der Waals surface area contributed by atoms with E-state index in [2.05, 4.69) is 5.32 Å². The van der Waals surface area contributed by atoms with Crippen molar-refractivity contribution in [3.8, 4) is 5.75 Å². The number of rotatable bonds is 5. The van der Waals surface area contributed by atoms with Crippen molar-refractivity contribution in [3.63, 3.8) is 0 Å². The molecule has 0 atom stereocenters. The van der Waals surface area contributed by atoms with Crippen LogP contribution in [0.25, 0.3) is 0 Å². The molecule has 0 saturated heterocycles. The molecule has 94 valence electrons. The molecule has 0 bridgehead atoms. The number of hydrogen-bond acceptors (Lipinski definition) is 3. The zero-order valence-corrected chi connectivity index (χ0v) is 10.6. The van der Waals surface area contributed by atoms with E-state index in [0.29, 0.717) is 13.0 Å². The molecular formula is C13H20N2O2. The van der Waals surface area contributed by atoms with Gasteiger partial charge in [0.05, 0.1) is 7.11 Å². The number of benzene rings is 1. The van der Waals surface area contributed by atoms with Crippen molar-refractivity contribution in [2.75, 3.05) is 19.0 Å². The zero-order chi connectivity index (χ0) is 12.9. The molecule has 1 amide bonds. The van der Waals surface area contributed by atoms with Gasteiger partial charge in [0.2, 0.25) is 5.91 Å². The molecule has 0 saturated carbocycles. The highest BCUT2D eigenvalue weighted by Gasteiger charge is 2.20. The number of methoxy groups -OCH3 is 1. The van der Waals surface area contributed by atoms with Crippen LogP contribution in [-0.4, -0.2) is 19.6 Å². The molecule has 0 fully saturated rings. The van der Waals surface area contributed by atoms with Gasteiger partial charge in [-0.05, 0) is 24.1 Å². The summed E-state index contributed by atoms with van der Waals surface area (Å²) in [4.78, 5) is 11.8. The van der Waals surface area contributed by atoms with Crippen LogP contribution >= 0.6 is 0 Å². The van der Waals surface area contributed by atoms with Crippen LogP contribution in [0.5, 0.6) is 5.75 Å². The lowest BCUT2D eigenvalue weighted by molar-refractivity contribution is -0.117. The van der Waals surface area contributed by atoms with Gasteiger partial charge in [0.25, 0.3) is 0 Å². The SMILES string of the molecule is COc1cccc(NC(=O)CC(C)(C)CN)c1. The number of carbonyl (C=O) groups excluding carboxylic acids is 1. The maximum atomic E-state index is 11.8. The minimum absolute atomic E-state index is 0.0336. The molecule has 0 heterocycles. The van der Waals surface area contributed by atoms with Crippen LogP contribution in [0, 0.1) is 5.41 Å². The van der Waals surface area contributed by atoms with Gasteiger partial charge in [-0.15, -0.1) is 0 Å². The van der Waals surface area contributed by atoms with E-state index in [1.165, 1.54) is 0 Å². The Morgan fingerprint density at radius 1 is 1.47 bits per heavy atom. The maximum Gasteiger partial charge on any atom is 0.224 e. The standard InChI is InChI=1S/C13H20N2O2/c1-13(2,9-14)8-12(16)15-10-5-4-6-11(7-10)17-3/h4-7H,8-9,14H2,1-3H3,(H,15,16). The highest BCUT2D eigenvalue weighted by Crippen LogP contribution is 2.21. The Bertz CT molecular complexity index is 389. The van der Waals surface area contributed by atoms with Crippen LogP contribution in [-0.2, 0) is 4.79 Å². The first kappa shape index (κ1) is 13.5. The second-order valence-electron chi connectivity index (χ2n) is 4.83. The molecule has 0 unspecified atom stereocenters. The Kier molecular flexibility index (Phi) is 4.52. The molecule has 3 N–H and O–H groups in total. The van der Waals surface area contributed by atoms with Crippen LogP contribution in [0.4, 0.5) is 5.69 Å². The van der Waals surface area contributed by atoms with Gasteiger partial charge in [0.15, 0.2) is 0 Å². The fourth-order valence-corrected chi connectivity index (χ4v) is 1.41. The molecule has 0 radical (unpaired) electrons. The van der Waals surface area contributed by atoms with Gasteiger partial charge in [0, 0.05) is 18.2 Å². The molecular weight excluding hydrogens is 216 g/mol. The molecule has 0 aliphatic heterocycles. The molecule has 1 aromatic carbocycles. The average molecular weight is 236 g/mol. The maximum absolute atomic E-state index is 11.8. The number of nitrogens with one attached hydrogen (secondary N) is 1. The minimum Gasteiger partial charge on any atom is -0.497 e. The number of nitrogens with two attached hydrogens (primary N) is 1. The van der Waals surface area contributed by atoms with Crippen LogP contribution in [0.15, 0.2) is 24.3 Å². The molecule has 4 nitrogen and oxygen atoms in total. The lowest BCUT2D eigenvalue weighted by Gasteiger charge is -2.21. The van der Waals surface area contributed by atoms with Crippen molar-refractivity contribution in [1.82, 2.24) is 0 Å². The van der Waals surface area contributed by atoms with Crippen molar-refractivity contribution >= 4 is 11.6 Å². The molecule has 1 rings (SSSR count). The summed E-state index contributed by atoms with van der Waals surface area (Å²) in [7, 11) is 1.60. The third-order valence-corrected chi connectivity index (χ3v) is 2.55. The summed E-state index contributed by atoms with van der Waals surface area (Å²) in [6.07, 6.45) is 0.403. The largest absolute Gasteiger partial charge is 0.497 e. The highest BCUT2D eigenvalue weighted by molar-refractivity contribution is 5.91. The van der Waals surface area contributed by atoms with E-state index in [1.54, 1.807) is 13.2 Å². The number of carbonyl (C=O) groups is 1. The van der Waals surface area contributed by atoms with Crippen LogP contribution in [0.2, 0.25) is 0 Å². The minimum atomic E-state index is -0.178. The second-order valence-corrected chi connectivity index (χ2v) is 4.83. The molecule has 0 aromatic heterocycles. The Morgan fingerprint density at radius 3 is 2.76 bits per heavy atom. The molecule has 1 aromatic rings. The van der Waals surface area contributed by atoms with Crippen molar-refractivity contribution in [3.05, 3.63) is 24.3 Å². The van der Waals surface area contributed by atoms with Gasteiger partial charge in [-0.3, -0.25) is 4.79 Å². The fourth-order valence-electron chi connectivity index (χ4n) is 1.41. The van der Waals surface area contributed by atoms with Crippen molar-refractivity contribution < 1.29 is 9.53 Å². The van der Waals surface area contributed by atoms with Crippen LogP contribution in [0.1, 0.15) is 20.3 Å². The summed E-state index contributed by atoms with van der Waals surface area (Å²) in [6.45, 7) is 4.43. The average Bonchev–Trinajstić information content (AvgIpc) is 2.28. The number of ether oxygens (including phenoxy) is 1. The smallest absolute Gasteiger partial charge is 0.224 e. The third kappa shape index (κ3) is 4.44. The zero-order valence-electron chi connectivity index (χ0n) is 10.6. The monoisotopic (exact) mass is 236 g/mol. The second kappa shape index (κ2) is 5.68. The molecule has 0 spiro atoms. The van der Waals surface area contributed by atoms with Gasteiger partial charge in [-0.2, -0.15) is 0 Å². The predicted molar refractivity (Wildman–Crippen MR) is 69.1 cm³/mol. The Labute approximate surface area is 102 Å². The lowest BCUT2D eigenvalue weighted by atomic mass is 9.89. The van der Waals surface area contributed by atoms with Gasteiger partial charge >= 0.3 is 0 Å². The van der Waals surface area contributed by atoms with Gasteiger partial charge in [-0.25, -0.2) is 0 Å². The van der Waals surface area contributed by atoms with E-state index in [4.69, 9.17) is 10.5 Å². The molecule has 17 heavy (non-hydrogen) atoms. The Balaban J connectivity index is 2.62. The van der Waals surface area contributed by atoms with Crippen LogP contribution < -0.4 is 15.8 Å². The summed E-state index contributed by atoms with van der Waals surface area (Å²) in [5, 5.41) is 2.83. The van der Waals surface area contributed by atoms with E-state index in [9.17, 15) is 4.79 Å². The van der Waals surface area contributed by atoms with Crippen LogP contribution in [0.3, 0.4) is 0 Å². The quantitative estimate of drug-likeness (QED) is 0.822. The van der Waals surface area contributed by atoms with Gasteiger partial charge in [-0.1, -0.05) is 19.9 Å². The summed E-state index contributed by atoms with van der Waals surface area (Å²) in [5.74, 6) is 0.689. The van der Waals surface area contributed by atoms with Gasteiger partial charge in [0.1, 0.15) is 5.75 Å². The number of hydrogen-bond donors (Lipinski definition) is 2. The first-order valence-corrected chi connectivity index (χ1v) is 5.61. The third-order valence-electron chi connectivity index (χ3n) is 2.55. The molecule has 0 aliphatic carbocycles. The van der Waals surface area contributed by atoms with E-state index < -0.39 is 0 Å². The normalized spacial score (nSPS) is 11.1. The van der Waals surface area contributed by atoms with Gasteiger partial charge < -0.3 is 15.8 Å². The van der Waals surface area contributed by atoms with E-state index in [-0.39, 0.29) is 11.3 Å². The van der Waals surface area contributed by atoms with Crippen molar-refractivity contribution in [2.45, 2.75) is 20.3 Å². The predicted octanol–water partition coefficient (Wildman–Crippen LogP) is 2.01. The van der Waals surface area contributed by atoms with E-state index in [1.807, 2.05) is 32.0 Å². The first-order valence-electron chi connectivity index (χ1n) is 5.61. The topological polar surface area (TPSA) is 64.3 Å². The number of amides is 1.